The molecule has 3 aromatic carbocycles. The summed E-state index contributed by atoms with van der Waals surface area (Å²) >= 11 is 6.36. The van der Waals surface area contributed by atoms with E-state index in [2.05, 4.69) is 5.32 Å². The number of amides is 2. The summed E-state index contributed by atoms with van der Waals surface area (Å²) in [5.74, 6) is -0.800. The summed E-state index contributed by atoms with van der Waals surface area (Å²) in [6, 6.07) is 19.7. The third-order valence-corrected chi connectivity index (χ3v) is 8.68. The summed E-state index contributed by atoms with van der Waals surface area (Å²) < 4.78 is 28.7. The van der Waals surface area contributed by atoms with Crippen LogP contribution in [-0.4, -0.2) is 44.3 Å². The maximum atomic E-state index is 13.9. The normalized spacial score (nSPS) is 12.0. The first-order valence-electron chi connectivity index (χ1n) is 13.0. The average molecular weight is 570 g/mol. The number of aryl methyl sites for hydroxylation is 2. The fraction of sp³-hybridized carbons (Fsp3) is 0.333. The average Bonchev–Trinajstić information content (AvgIpc) is 2.92. The lowest BCUT2D eigenvalue weighted by atomic mass is 10.1. The van der Waals surface area contributed by atoms with Crippen LogP contribution in [0.5, 0.6) is 0 Å². The van der Waals surface area contributed by atoms with Crippen molar-refractivity contribution in [3.8, 4) is 0 Å². The van der Waals surface area contributed by atoms with Crippen molar-refractivity contribution in [2.75, 3.05) is 17.4 Å². The summed E-state index contributed by atoms with van der Waals surface area (Å²) in [7, 11) is -4.13. The second kappa shape index (κ2) is 13.6. The van der Waals surface area contributed by atoms with Gasteiger partial charge < -0.3 is 10.2 Å². The summed E-state index contributed by atoms with van der Waals surface area (Å²) in [4.78, 5) is 28.4. The third kappa shape index (κ3) is 7.83. The molecule has 0 saturated heterocycles. The van der Waals surface area contributed by atoms with Crippen molar-refractivity contribution in [1.29, 1.82) is 0 Å². The first-order chi connectivity index (χ1) is 18.5. The highest BCUT2D eigenvalue weighted by atomic mass is 35.5. The molecule has 0 bridgehead atoms. The van der Waals surface area contributed by atoms with Crippen LogP contribution in [0.3, 0.4) is 0 Å². The Morgan fingerprint density at radius 1 is 0.974 bits per heavy atom. The Morgan fingerprint density at radius 3 is 2.33 bits per heavy atom. The molecule has 1 unspecified atom stereocenters. The molecule has 1 N–H and O–H groups in total. The van der Waals surface area contributed by atoms with Crippen molar-refractivity contribution < 1.29 is 18.0 Å². The molecule has 0 saturated carbocycles. The minimum atomic E-state index is -4.13. The van der Waals surface area contributed by atoms with Crippen molar-refractivity contribution in [1.82, 2.24) is 10.2 Å². The highest BCUT2D eigenvalue weighted by molar-refractivity contribution is 7.92. The molecule has 208 valence electrons. The van der Waals surface area contributed by atoms with Gasteiger partial charge >= 0.3 is 0 Å². The molecule has 39 heavy (non-hydrogen) atoms. The molecule has 9 heteroatoms. The number of anilines is 1. The molecule has 0 heterocycles. The molecule has 0 aliphatic heterocycles. The minimum Gasteiger partial charge on any atom is -0.354 e. The van der Waals surface area contributed by atoms with Crippen molar-refractivity contribution in [3.63, 3.8) is 0 Å². The van der Waals surface area contributed by atoms with Crippen LogP contribution in [0.25, 0.3) is 0 Å². The lowest BCUT2D eigenvalue weighted by Gasteiger charge is -2.32. The molecule has 0 fully saturated rings. The number of hydrogen-bond donors (Lipinski definition) is 1. The van der Waals surface area contributed by atoms with E-state index in [9.17, 15) is 18.0 Å². The first kappa shape index (κ1) is 30.2. The number of carbonyl (C=O) groups excluding carboxylic acids is 2. The van der Waals surface area contributed by atoms with Crippen LogP contribution in [0.15, 0.2) is 77.7 Å². The van der Waals surface area contributed by atoms with Crippen LogP contribution in [0.1, 0.15) is 43.4 Å². The zero-order valence-electron chi connectivity index (χ0n) is 22.9. The zero-order valence-corrected chi connectivity index (χ0v) is 24.4. The number of unbranched alkanes of at least 4 members (excludes halogenated alkanes) is 1. The monoisotopic (exact) mass is 569 g/mol. The van der Waals surface area contributed by atoms with Gasteiger partial charge in [-0.15, -0.1) is 0 Å². The van der Waals surface area contributed by atoms with Gasteiger partial charge in [0.2, 0.25) is 11.8 Å². The lowest BCUT2D eigenvalue weighted by molar-refractivity contribution is -0.139. The van der Waals surface area contributed by atoms with E-state index < -0.39 is 28.5 Å². The quantitative estimate of drug-likeness (QED) is 0.292. The smallest absolute Gasteiger partial charge is 0.264 e. The van der Waals surface area contributed by atoms with Crippen molar-refractivity contribution in [3.05, 3.63) is 94.5 Å². The summed E-state index contributed by atoms with van der Waals surface area (Å²) in [6.45, 7) is 7.60. The number of sulfonamides is 1. The van der Waals surface area contributed by atoms with Gasteiger partial charge in [0.25, 0.3) is 10.0 Å². The largest absolute Gasteiger partial charge is 0.354 e. The minimum absolute atomic E-state index is 0.0464. The van der Waals surface area contributed by atoms with Crippen LogP contribution in [0.4, 0.5) is 5.69 Å². The van der Waals surface area contributed by atoms with Crippen LogP contribution in [0.2, 0.25) is 5.02 Å². The molecule has 3 rings (SSSR count). The fourth-order valence-corrected chi connectivity index (χ4v) is 5.71. The van der Waals surface area contributed by atoms with Crippen molar-refractivity contribution >= 4 is 39.1 Å². The molecule has 0 aliphatic rings. The molecule has 2 amide bonds. The fourth-order valence-electron chi connectivity index (χ4n) is 4.11. The zero-order chi connectivity index (χ0) is 28.6. The number of rotatable bonds is 12. The first-order valence-corrected chi connectivity index (χ1v) is 14.8. The highest BCUT2D eigenvalue weighted by Gasteiger charge is 2.32. The SMILES string of the molecule is CCCCNC(=O)C(C)N(Cc1cccc(C)c1)C(=O)CN(c1ccc(C)c(Cl)c1)S(=O)(=O)c1ccccc1. The number of benzene rings is 3. The van der Waals surface area contributed by atoms with Gasteiger partial charge in [0.15, 0.2) is 0 Å². The van der Waals surface area contributed by atoms with E-state index in [1.54, 1.807) is 37.3 Å². The number of halogens is 1. The van der Waals surface area contributed by atoms with Gasteiger partial charge in [0.05, 0.1) is 10.6 Å². The second-order valence-electron chi connectivity index (χ2n) is 9.59. The maximum Gasteiger partial charge on any atom is 0.264 e. The van der Waals surface area contributed by atoms with E-state index in [0.29, 0.717) is 11.6 Å². The van der Waals surface area contributed by atoms with Crippen LogP contribution < -0.4 is 9.62 Å². The van der Waals surface area contributed by atoms with Gasteiger partial charge in [-0.3, -0.25) is 13.9 Å². The molecule has 0 aliphatic carbocycles. The van der Waals surface area contributed by atoms with Gasteiger partial charge in [-0.2, -0.15) is 0 Å². The van der Waals surface area contributed by atoms with Crippen molar-refractivity contribution in [2.24, 2.45) is 0 Å². The molecule has 0 aromatic heterocycles. The second-order valence-corrected chi connectivity index (χ2v) is 11.9. The molecule has 3 aromatic rings. The van der Waals surface area contributed by atoms with Crippen LogP contribution in [-0.2, 0) is 26.2 Å². The standard InChI is InChI=1S/C30H36ClN3O4S/c1-5-6-17-32-30(36)24(4)33(20-25-12-10-11-22(2)18-25)29(35)21-34(26-16-15-23(3)28(31)19-26)39(37,38)27-13-8-7-9-14-27/h7-16,18-19,24H,5-6,17,20-21H2,1-4H3,(H,32,36). The Morgan fingerprint density at radius 2 is 1.69 bits per heavy atom. The van der Waals surface area contributed by atoms with Crippen LogP contribution >= 0.6 is 11.6 Å². The van der Waals surface area contributed by atoms with Gasteiger partial charge in [0, 0.05) is 18.1 Å². The van der Waals surface area contributed by atoms with Gasteiger partial charge in [0.1, 0.15) is 12.6 Å². The van der Waals surface area contributed by atoms with Gasteiger partial charge in [-0.25, -0.2) is 8.42 Å². The number of carbonyl (C=O) groups is 2. The molecule has 7 nitrogen and oxygen atoms in total. The molecule has 1 atom stereocenters. The Hall–Kier alpha value is -3.36. The Kier molecular flexibility index (Phi) is 10.5. The van der Waals surface area contributed by atoms with E-state index in [1.165, 1.54) is 23.1 Å². The number of nitrogens with one attached hydrogen (secondary N) is 1. The van der Waals surface area contributed by atoms with Gasteiger partial charge in [-0.05, 0) is 62.6 Å². The van der Waals surface area contributed by atoms with Crippen LogP contribution in [0, 0.1) is 13.8 Å². The van der Waals surface area contributed by atoms with E-state index in [-0.39, 0.29) is 23.0 Å². The number of hydrogen-bond acceptors (Lipinski definition) is 4. The Bertz CT molecular complexity index is 1400. The molecule has 0 spiro atoms. The summed E-state index contributed by atoms with van der Waals surface area (Å²) in [6.07, 6.45) is 1.74. The maximum absolute atomic E-state index is 13.9. The Balaban J connectivity index is 2.01. The third-order valence-electron chi connectivity index (χ3n) is 6.49. The lowest BCUT2D eigenvalue weighted by Crippen LogP contribution is -2.51. The van der Waals surface area contributed by atoms with E-state index in [4.69, 9.17) is 11.6 Å². The predicted octanol–water partition coefficient (Wildman–Crippen LogP) is 5.49. The topological polar surface area (TPSA) is 86.8 Å². The van der Waals surface area contributed by atoms with E-state index in [0.717, 1.165) is 33.8 Å². The Labute approximate surface area is 236 Å². The van der Waals surface area contributed by atoms with Crippen molar-refractivity contribution in [2.45, 2.75) is 58.0 Å². The predicted molar refractivity (Wildman–Crippen MR) is 156 cm³/mol. The van der Waals surface area contributed by atoms with Gasteiger partial charge in [-0.1, -0.05) is 79.0 Å². The number of nitrogens with zero attached hydrogens (tertiary/aromatic N) is 2. The van der Waals surface area contributed by atoms with E-state index >= 15 is 0 Å². The molecular formula is C30H36ClN3O4S. The molecular weight excluding hydrogens is 534 g/mol. The highest BCUT2D eigenvalue weighted by Crippen LogP contribution is 2.28. The summed E-state index contributed by atoms with van der Waals surface area (Å²) in [5, 5.41) is 3.27. The summed E-state index contributed by atoms with van der Waals surface area (Å²) in [5.41, 5.74) is 2.90. The molecule has 0 radical (unpaired) electrons. The van der Waals surface area contributed by atoms with E-state index in [1.807, 2.05) is 45.0 Å².